The molecule has 0 bridgehead atoms. The molecule has 110 valence electrons. The molecule has 0 aromatic heterocycles. The molecule has 2 aromatic rings. The van der Waals surface area contributed by atoms with Crippen molar-refractivity contribution in [3.8, 4) is 11.5 Å². The van der Waals surface area contributed by atoms with E-state index in [1.54, 1.807) is 6.07 Å². The van der Waals surface area contributed by atoms with Gasteiger partial charge >= 0.3 is 5.97 Å². The molecule has 0 aliphatic heterocycles. The zero-order valence-corrected chi connectivity index (χ0v) is 14.8. The van der Waals surface area contributed by atoms with Crippen molar-refractivity contribution < 1.29 is 14.3 Å². The molecule has 2 rings (SSSR count). The molecule has 0 aliphatic carbocycles. The van der Waals surface area contributed by atoms with Gasteiger partial charge in [-0.3, -0.25) is 0 Å². The third-order valence-electron chi connectivity index (χ3n) is 2.79. The molecular weight excluding hydrogens is 400 g/mol. The molecular formula is C16H14Br2O3. The van der Waals surface area contributed by atoms with E-state index in [0.29, 0.717) is 11.5 Å². The predicted octanol–water partition coefficient (Wildman–Crippen LogP) is 4.81. The van der Waals surface area contributed by atoms with E-state index in [0.717, 1.165) is 20.1 Å². The Morgan fingerprint density at radius 3 is 2.43 bits per heavy atom. The Morgan fingerprint density at radius 2 is 1.76 bits per heavy atom. The molecule has 21 heavy (non-hydrogen) atoms. The van der Waals surface area contributed by atoms with Gasteiger partial charge in [-0.05, 0) is 71.2 Å². The van der Waals surface area contributed by atoms with Crippen LogP contribution in [0.3, 0.4) is 0 Å². The lowest BCUT2D eigenvalue weighted by Gasteiger charge is -2.10. The first-order valence-electron chi connectivity index (χ1n) is 6.31. The van der Waals surface area contributed by atoms with E-state index in [2.05, 4.69) is 31.9 Å². The average Bonchev–Trinajstić information content (AvgIpc) is 2.41. The minimum absolute atomic E-state index is 0.142. The number of esters is 1. The summed E-state index contributed by atoms with van der Waals surface area (Å²) in [5, 5.41) is 0. The molecule has 0 saturated heterocycles. The summed E-state index contributed by atoms with van der Waals surface area (Å²) in [6.07, 6.45) is 0. The lowest BCUT2D eigenvalue weighted by atomic mass is 10.2. The number of benzene rings is 2. The van der Waals surface area contributed by atoms with Crippen molar-refractivity contribution in [2.24, 2.45) is 0 Å². The van der Waals surface area contributed by atoms with Crippen molar-refractivity contribution in [1.29, 1.82) is 0 Å². The zero-order chi connectivity index (χ0) is 15.4. The first-order chi connectivity index (χ1) is 9.95. The summed E-state index contributed by atoms with van der Waals surface area (Å²) in [7, 11) is 0. The minimum Gasteiger partial charge on any atom is -0.481 e. The highest BCUT2D eigenvalue weighted by Gasteiger charge is 2.10. The lowest BCUT2D eigenvalue weighted by Crippen LogP contribution is -2.18. The molecule has 3 nitrogen and oxygen atoms in total. The Labute approximate surface area is 140 Å². The average molecular weight is 414 g/mol. The summed E-state index contributed by atoms with van der Waals surface area (Å²) in [5.41, 5.74) is 2.00. The SMILES string of the molecule is Cc1ccc(OCC(=O)Oc2ccc(Br)cc2C)c(Br)c1. The Hall–Kier alpha value is -1.33. The molecule has 2 aromatic carbocycles. The molecule has 0 spiro atoms. The van der Waals surface area contributed by atoms with Crippen LogP contribution in [-0.4, -0.2) is 12.6 Å². The third-order valence-corrected chi connectivity index (χ3v) is 3.91. The predicted molar refractivity (Wildman–Crippen MR) is 88.9 cm³/mol. The maximum Gasteiger partial charge on any atom is 0.349 e. The lowest BCUT2D eigenvalue weighted by molar-refractivity contribution is -0.136. The van der Waals surface area contributed by atoms with Gasteiger partial charge in [-0.15, -0.1) is 0 Å². The standard InChI is InChI=1S/C16H14Br2O3/c1-10-3-5-15(13(18)7-10)20-9-16(19)21-14-6-4-12(17)8-11(14)2/h3-8H,9H2,1-2H3. The maximum absolute atomic E-state index is 11.8. The second-order valence-electron chi connectivity index (χ2n) is 4.61. The van der Waals surface area contributed by atoms with E-state index in [9.17, 15) is 4.79 Å². The van der Waals surface area contributed by atoms with Gasteiger partial charge in [0.25, 0.3) is 0 Å². The number of halogens is 2. The van der Waals surface area contributed by atoms with Crippen LogP contribution in [0.4, 0.5) is 0 Å². The Morgan fingerprint density at radius 1 is 1.05 bits per heavy atom. The molecule has 0 fully saturated rings. The largest absolute Gasteiger partial charge is 0.481 e. The topological polar surface area (TPSA) is 35.5 Å². The molecule has 0 unspecified atom stereocenters. The monoisotopic (exact) mass is 412 g/mol. The van der Waals surface area contributed by atoms with Crippen LogP contribution in [0.1, 0.15) is 11.1 Å². The van der Waals surface area contributed by atoms with E-state index in [1.807, 2.05) is 44.2 Å². The van der Waals surface area contributed by atoms with Crippen molar-refractivity contribution in [3.05, 3.63) is 56.5 Å². The summed E-state index contributed by atoms with van der Waals surface area (Å²) >= 11 is 6.77. The summed E-state index contributed by atoms with van der Waals surface area (Å²) in [6, 6.07) is 11.1. The van der Waals surface area contributed by atoms with Crippen LogP contribution < -0.4 is 9.47 Å². The van der Waals surface area contributed by atoms with Crippen molar-refractivity contribution in [2.75, 3.05) is 6.61 Å². The number of hydrogen-bond donors (Lipinski definition) is 0. The minimum atomic E-state index is -0.437. The first-order valence-corrected chi connectivity index (χ1v) is 7.90. The molecule has 0 saturated carbocycles. The molecule has 0 atom stereocenters. The van der Waals surface area contributed by atoms with Crippen LogP contribution in [0.2, 0.25) is 0 Å². The van der Waals surface area contributed by atoms with Gasteiger partial charge in [0.05, 0.1) is 4.47 Å². The molecule has 0 aliphatic rings. The summed E-state index contributed by atoms with van der Waals surface area (Å²) in [4.78, 5) is 11.8. The van der Waals surface area contributed by atoms with Gasteiger partial charge in [0, 0.05) is 4.47 Å². The van der Waals surface area contributed by atoms with E-state index >= 15 is 0 Å². The third kappa shape index (κ3) is 4.58. The van der Waals surface area contributed by atoms with Crippen LogP contribution in [0.5, 0.6) is 11.5 Å². The van der Waals surface area contributed by atoms with Crippen LogP contribution in [0.25, 0.3) is 0 Å². The quantitative estimate of drug-likeness (QED) is 0.532. The summed E-state index contributed by atoms with van der Waals surface area (Å²) < 4.78 is 12.5. The van der Waals surface area contributed by atoms with Crippen LogP contribution in [0, 0.1) is 13.8 Å². The second kappa shape index (κ2) is 7.09. The number of rotatable bonds is 4. The molecule has 0 heterocycles. The van der Waals surface area contributed by atoms with E-state index in [-0.39, 0.29) is 6.61 Å². The van der Waals surface area contributed by atoms with E-state index < -0.39 is 5.97 Å². The normalized spacial score (nSPS) is 10.3. The van der Waals surface area contributed by atoms with Gasteiger partial charge in [0.15, 0.2) is 6.61 Å². The van der Waals surface area contributed by atoms with Crippen molar-refractivity contribution in [2.45, 2.75) is 13.8 Å². The van der Waals surface area contributed by atoms with E-state index in [1.165, 1.54) is 0 Å². The fourth-order valence-corrected chi connectivity index (χ4v) is 2.82. The summed E-state index contributed by atoms with van der Waals surface area (Å²) in [6.45, 7) is 3.72. The van der Waals surface area contributed by atoms with Gasteiger partial charge in [-0.1, -0.05) is 22.0 Å². The number of carbonyl (C=O) groups is 1. The zero-order valence-electron chi connectivity index (χ0n) is 11.7. The Bertz CT molecular complexity index is 669. The second-order valence-corrected chi connectivity index (χ2v) is 6.38. The molecule has 0 N–H and O–H groups in total. The van der Waals surface area contributed by atoms with Gasteiger partial charge in [-0.25, -0.2) is 4.79 Å². The fraction of sp³-hybridized carbons (Fsp3) is 0.188. The van der Waals surface area contributed by atoms with Crippen molar-refractivity contribution >= 4 is 37.8 Å². The number of ether oxygens (including phenoxy) is 2. The highest BCUT2D eigenvalue weighted by atomic mass is 79.9. The van der Waals surface area contributed by atoms with Crippen LogP contribution in [-0.2, 0) is 4.79 Å². The maximum atomic E-state index is 11.8. The molecule has 0 radical (unpaired) electrons. The van der Waals surface area contributed by atoms with Crippen molar-refractivity contribution in [1.82, 2.24) is 0 Å². The summed E-state index contributed by atoms with van der Waals surface area (Å²) in [5.74, 6) is 0.716. The Kier molecular flexibility index (Phi) is 5.42. The fourth-order valence-electron chi connectivity index (χ4n) is 1.74. The van der Waals surface area contributed by atoms with Gasteiger partial charge in [0.1, 0.15) is 11.5 Å². The van der Waals surface area contributed by atoms with Crippen LogP contribution in [0.15, 0.2) is 45.3 Å². The number of hydrogen-bond acceptors (Lipinski definition) is 3. The van der Waals surface area contributed by atoms with Crippen LogP contribution >= 0.6 is 31.9 Å². The van der Waals surface area contributed by atoms with Gasteiger partial charge in [-0.2, -0.15) is 0 Å². The van der Waals surface area contributed by atoms with Gasteiger partial charge < -0.3 is 9.47 Å². The van der Waals surface area contributed by atoms with Gasteiger partial charge in [0.2, 0.25) is 0 Å². The van der Waals surface area contributed by atoms with E-state index in [4.69, 9.17) is 9.47 Å². The van der Waals surface area contributed by atoms with Crippen molar-refractivity contribution in [3.63, 3.8) is 0 Å². The Balaban J connectivity index is 1.96. The highest BCUT2D eigenvalue weighted by molar-refractivity contribution is 9.10. The molecule has 5 heteroatoms. The first kappa shape index (κ1) is 16.0. The number of carbonyl (C=O) groups excluding carboxylic acids is 1. The smallest absolute Gasteiger partial charge is 0.349 e. The number of aryl methyl sites for hydroxylation is 2. The highest BCUT2D eigenvalue weighted by Crippen LogP contribution is 2.26. The molecule has 0 amide bonds.